The molecule has 0 aromatic carbocycles. The Morgan fingerprint density at radius 2 is 1.83 bits per heavy atom. The molecule has 0 spiro atoms. The number of hydrogen-bond donors (Lipinski definition) is 0. The largest absolute Gasteiger partial charge is 0.377 e. The second-order valence-corrected chi connectivity index (χ2v) is 7.58. The molecule has 2 unspecified atom stereocenters. The zero-order chi connectivity index (χ0) is 13.2. The van der Waals surface area contributed by atoms with Gasteiger partial charge in [0, 0.05) is 39.3 Å². The van der Waals surface area contributed by atoms with Gasteiger partial charge in [-0.15, -0.1) is 0 Å². The van der Waals surface area contributed by atoms with E-state index in [-0.39, 0.29) is 0 Å². The minimum absolute atomic E-state index is 0.339. The Morgan fingerprint density at radius 1 is 1.17 bits per heavy atom. The number of piperazine rings is 1. The fourth-order valence-corrected chi connectivity index (χ4v) is 3.44. The molecule has 0 radical (unpaired) electrons. The van der Waals surface area contributed by atoms with Crippen molar-refractivity contribution in [2.24, 2.45) is 5.92 Å². The van der Waals surface area contributed by atoms with Crippen LogP contribution in [0.3, 0.4) is 0 Å². The highest BCUT2D eigenvalue weighted by Gasteiger charge is 2.26. The Bertz CT molecular complexity index is 356. The molecule has 2 rings (SSSR count). The van der Waals surface area contributed by atoms with Crippen LogP contribution in [0.15, 0.2) is 0 Å². The Labute approximate surface area is 110 Å². The van der Waals surface area contributed by atoms with Crippen molar-refractivity contribution in [2.75, 3.05) is 45.6 Å². The van der Waals surface area contributed by atoms with Crippen molar-refractivity contribution in [3.63, 3.8) is 0 Å². The summed E-state index contributed by atoms with van der Waals surface area (Å²) in [6.07, 6.45) is 4.00. The second kappa shape index (κ2) is 5.86. The highest BCUT2D eigenvalue weighted by molar-refractivity contribution is 7.88. The van der Waals surface area contributed by atoms with Gasteiger partial charge in [0.15, 0.2) is 0 Å². The van der Waals surface area contributed by atoms with Crippen LogP contribution in [0.5, 0.6) is 0 Å². The highest BCUT2D eigenvalue weighted by Crippen LogP contribution is 2.19. The van der Waals surface area contributed by atoms with Crippen molar-refractivity contribution in [1.29, 1.82) is 0 Å². The van der Waals surface area contributed by atoms with Crippen LogP contribution >= 0.6 is 0 Å². The summed E-state index contributed by atoms with van der Waals surface area (Å²) in [4.78, 5) is 2.32. The van der Waals surface area contributed by atoms with Crippen molar-refractivity contribution >= 4 is 10.0 Å². The van der Waals surface area contributed by atoms with E-state index in [0.29, 0.717) is 25.1 Å². The van der Waals surface area contributed by atoms with Crippen LogP contribution in [0, 0.1) is 5.92 Å². The predicted molar refractivity (Wildman–Crippen MR) is 71.0 cm³/mol. The molecule has 2 atom stereocenters. The Kier molecular flexibility index (Phi) is 4.64. The molecule has 2 saturated heterocycles. The van der Waals surface area contributed by atoms with Crippen molar-refractivity contribution in [1.82, 2.24) is 9.21 Å². The van der Waals surface area contributed by atoms with E-state index in [2.05, 4.69) is 11.8 Å². The first-order valence-electron chi connectivity index (χ1n) is 6.74. The molecule has 0 bridgehead atoms. The van der Waals surface area contributed by atoms with Crippen LogP contribution in [0.1, 0.15) is 19.8 Å². The Morgan fingerprint density at radius 3 is 2.33 bits per heavy atom. The average Bonchev–Trinajstić information content (AvgIpc) is 2.32. The van der Waals surface area contributed by atoms with E-state index in [1.54, 1.807) is 4.31 Å². The minimum atomic E-state index is -3.01. The zero-order valence-corrected chi connectivity index (χ0v) is 12.2. The summed E-state index contributed by atoms with van der Waals surface area (Å²) in [6, 6.07) is 0. The molecule has 2 aliphatic rings. The lowest BCUT2D eigenvalue weighted by Gasteiger charge is -2.36. The summed E-state index contributed by atoms with van der Waals surface area (Å²) in [5.41, 5.74) is 0. The van der Waals surface area contributed by atoms with E-state index >= 15 is 0 Å². The Hall–Kier alpha value is -0.170. The third-order valence-electron chi connectivity index (χ3n) is 3.86. The quantitative estimate of drug-likeness (QED) is 0.748. The second-order valence-electron chi connectivity index (χ2n) is 5.60. The molecule has 2 heterocycles. The van der Waals surface area contributed by atoms with Crippen LogP contribution < -0.4 is 0 Å². The van der Waals surface area contributed by atoms with Gasteiger partial charge in [-0.25, -0.2) is 8.42 Å². The molecule has 18 heavy (non-hydrogen) atoms. The maximum atomic E-state index is 11.4. The van der Waals surface area contributed by atoms with Gasteiger partial charge in [0.1, 0.15) is 0 Å². The normalized spacial score (nSPS) is 32.6. The number of hydrogen-bond acceptors (Lipinski definition) is 4. The number of rotatable bonds is 3. The van der Waals surface area contributed by atoms with E-state index < -0.39 is 10.0 Å². The van der Waals surface area contributed by atoms with E-state index in [1.807, 2.05) is 0 Å². The van der Waals surface area contributed by atoms with Gasteiger partial charge in [0.05, 0.1) is 12.4 Å². The van der Waals surface area contributed by atoms with Gasteiger partial charge < -0.3 is 4.74 Å². The molecule has 2 fully saturated rings. The molecule has 0 saturated carbocycles. The van der Waals surface area contributed by atoms with Gasteiger partial charge in [-0.1, -0.05) is 6.92 Å². The van der Waals surface area contributed by atoms with Crippen molar-refractivity contribution in [3.05, 3.63) is 0 Å². The van der Waals surface area contributed by atoms with Crippen molar-refractivity contribution in [3.8, 4) is 0 Å². The first kappa shape index (κ1) is 14.2. The monoisotopic (exact) mass is 276 g/mol. The molecule has 0 aliphatic carbocycles. The first-order valence-corrected chi connectivity index (χ1v) is 8.59. The minimum Gasteiger partial charge on any atom is -0.377 e. The summed E-state index contributed by atoms with van der Waals surface area (Å²) in [7, 11) is -3.01. The number of ether oxygens (including phenoxy) is 1. The molecule has 106 valence electrons. The molecule has 6 heteroatoms. The van der Waals surface area contributed by atoms with Crippen molar-refractivity contribution < 1.29 is 13.2 Å². The van der Waals surface area contributed by atoms with Gasteiger partial charge in [0.25, 0.3) is 0 Å². The topological polar surface area (TPSA) is 49.9 Å². The average molecular weight is 276 g/mol. The lowest BCUT2D eigenvalue weighted by molar-refractivity contribution is -0.0318. The van der Waals surface area contributed by atoms with E-state index in [0.717, 1.165) is 32.7 Å². The van der Waals surface area contributed by atoms with Gasteiger partial charge in [-0.2, -0.15) is 4.31 Å². The van der Waals surface area contributed by atoms with E-state index in [4.69, 9.17) is 4.74 Å². The van der Waals surface area contributed by atoms with Gasteiger partial charge in [0.2, 0.25) is 10.0 Å². The summed E-state index contributed by atoms with van der Waals surface area (Å²) in [5, 5.41) is 0. The summed E-state index contributed by atoms with van der Waals surface area (Å²) in [5.74, 6) is 0.684. The lowest BCUT2D eigenvalue weighted by Crippen LogP contribution is -2.50. The fourth-order valence-electron chi connectivity index (χ4n) is 2.61. The maximum Gasteiger partial charge on any atom is 0.211 e. The van der Waals surface area contributed by atoms with Gasteiger partial charge in [-0.05, 0) is 18.8 Å². The maximum absolute atomic E-state index is 11.4. The molecule has 0 amide bonds. The summed E-state index contributed by atoms with van der Waals surface area (Å²) >= 11 is 0. The highest BCUT2D eigenvalue weighted by atomic mass is 32.2. The van der Waals surface area contributed by atoms with Crippen LogP contribution in [-0.4, -0.2) is 69.3 Å². The van der Waals surface area contributed by atoms with Crippen LogP contribution in [0.4, 0.5) is 0 Å². The number of nitrogens with zero attached hydrogens (tertiary/aromatic N) is 2. The smallest absolute Gasteiger partial charge is 0.211 e. The predicted octanol–water partition coefficient (Wildman–Crippen LogP) is 0.379. The third-order valence-corrected chi connectivity index (χ3v) is 5.16. The standard InChI is InChI=1S/C12H24N2O3S/c1-11-3-4-12(17-10-11)9-13-5-7-14(8-6-13)18(2,15)16/h11-12H,3-10H2,1-2H3. The molecule has 0 aromatic heterocycles. The van der Waals surface area contributed by atoms with Crippen LogP contribution in [0.2, 0.25) is 0 Å². The Balaban J connectivity index is 1.74. The van der Waals surface area contributed by atoms with Gasteiger partial charge >= 0.3 is 0 Å². The van der Waals surface area contributed by atoms with Crippen LogP contribution in [0.25, 0.3) is 0 Å². The molecule has 0 aromatic rings. The zero-order valence-electron chi connectivity index (χ0n) is 11.3. The molecular formula is C12H24N2O3S. The molecule has 5 nitrogen and oxygen atoms in total. The molecule has 2 aliphatic heterocycles. The van der Waals surface area contributed by atoms with Gasteiger partial charge in [-0.3, -0.25) is 4.90 Å². The molecular weight excluding hydrogens is 252 g/mol. The van der Waals surface area contributed by atoms with Crippen molar-refractivity contribution in [2.45, 2.75) is 25.9 Å². The third kappa shape index (κ3) is 3.91. The summed E-state index contributed by atoms with van der Waals surface area (Å²) < 4.78 is 30.2. The number of sulfonamides is 1. The molecule has 0 N–H and O–H groups in total. The van der Waals surface area contributed by atoms with E-state index in [9.17, 15) is 8.42 Å². The fraction of sp³-hybridized carbons (Fsp3) is 1.00. The van der Waals surface area contributed by atoms with E-state index in [1.165, 1.54) is 12.7 Å². The SMILES string of the molecule is CC1CCC(CN2CCN(S(C)(=O)=O)CC2)OC1. The first-order chi connectivity index (χ1) is 8.45. The lowest BCUT2D eigenvalue weighted by atomic mass is 10.00. The summed E-state index contributed by atoms with van der Waals surface area (Å²) in [6.45, 7) is 6.91. The van der Waals surface area contributed by atoms with Crippen LogP contribution in [-0.2, 0) is 14.8 Å².